The van der Waals surface area contributed by atoms with Crippen molar-refractivity contribution in [1.29, 1.82) is 0 Å². The lowest BCUT2D eigenvalue weighted by Crippen LogP contribution is -2.14. The van der Waals surface area contributed by atoms with Crippen LogP contribution in [0.3, 0.4) is 0 Å². The number of carbonyl (C=O) groups excluding carboxylic acids is 1. The van der Waals surface area contributed by atoms with E-state index in [9.17, 15) is 4.79 Å². The molecule has 1 aromatic rings. The molecule has 0 atom stereocenters. The van der Waals surface area contributed by atoms with Gasteiger partial charge >= 0.3 is 5.97 Å². The van der Waals surface area contributed by atoms with Crippen LogP contribution >= 0.6 is 0 Å². The maximum Gasteiger partial charge on any atom is 0.309 e. The molecule has 21 heavy (non-hydrogen) atoms. The highest BCUT2D eigenvalue weighted by molar-refractivity contribution is 5.69. The normalized spacial score (nSPS) is 10.3. The fourth-order valence-corrected chi connectivity index (χ4v) is 1.55. The largest absolute Gasteiger partial charge is 0.493 e. The number of carbonyl (C=O) groups is 1. The molecular weight excluding hydrogens is 274 g/mol. The third kappa shape index (κ3) is 8.88. The van der Waals surface area contributed by atoms with Gasteiger partial charge in [-0.25, -0.2) is 0 Å². The van der Waals surface area contributed by atoms with Crippen molar-refractivity contribution in [3.8, 4) is 5.75 Å². The number of esters is 1. The standard InChI is InChI=1S/C15H23NO5/c1-18-7-3-8-19-10-11-21-15(17)6-9-20-14-5-2-4-13(16)12-14/h2,4-5,12H,3,6-11,16H2,1H3. The molecule has 0 aromatic heterocycles. The Hall–Kier alpha value is -1.79. The van der Waals surface area contributed by atoms with Crippen LogP contribution in [0.15, 0.2) is 24.3 Å². The number of hydrogen-bond donors (Lipinski definition) is 1. The van der Waals surface area contributed by atoms with Gasteiger partial charge in [-0.1, -0.05) is 6.07 Å². The summed E-state index contributed by atoms with van der Waals surface area (Å²) in [6, 6.07) is 7.06. The Balaban J connectivity index is 1.99. The lowest BCUT2D eigenvalue weighted by molar-refractivity contribution is -0.145. The fourth-order valence-electron chi connectivity index (χ4n) is 1.55. The monoisotopic (exact) mass is 297 g/mol. The van der Waals surface area contributed by atoms with Crippen molar-refractivity contribution in [2.75, 3.05) is 45.9 Å². The van der Waals surface area contributed by atoms with Gasteiger partial charge in [-0.15, -0.1) is 0 Å². The number of benzene rings is 1. The molecule has 1 aromatic carbocycles. The van der Waals surface area contributed by atoms with E-state index in [0.29, 0.717) is 31.3 Å². The highest BCUT2D eigenvalue weighted by Gasteiger charge is 2.03. The molecule has 118 valence electrons. The van der Waals surface area contributed by atoms with Crippen LogP contribution in [0.1, 0.15) is 12.8 Å². The first-order valence-corrected chi connectivity index (χ1v) is 6.93. The van der Waals surface area contributed by atoms with Crippen LogP contribution in [0.5, 0.6) is 5.75 Å². The number of ether oxygens (including phenoxy) is 4. The Morgan fingerprint density at radius 2 is 2.00 bits per heavy atom. The molecule has 0 heterocycles. The molecule has 0 aliphatic heterocycles. The Labute approximate surface area is 125 Å². The zero-order valence-corrected chi connectivity index (χ0v) is 12.4. The zero-order valence-electron chi connectivity index (χ0n) is 12.4. The summed E-state index contributed by atoms with van der Waals surface area (Å²) in [5.74, 6) is 0.337. The number of rotatable bonds is 11. The van der Waals surface area contributed by atoms with Crippen molar-refractivity contribution >= 4 is 11.7 Å². The second-order valence-electron chi connectivity index (χ2n) is 4.35. The molecule has 6 nitrogen and oxygen atoms in total. The summed E-state index contributed by atoms with van der Waals surface area (Å²) in [7, 11) is 1.65. The molecule has 0 unspecified atom stereocenters. The number of anilines is 1. The van der Waals surface area contributed by atoms with Gasteiger partial charge in [0, 0.05) is 32.1 Å². The lowest BCUT2D eigenvalue weighted by Gasteiger charge is -2.08. The first kappa shape index (κ1) is 17.3. The second-order valence-corrected chi connectivity index (χ2v) is 4.35. The number of nitrogens with two attached hydrogens (primary N) is 1. The molecule has 0 bridgehead atoms. The topological polar surface area (TPSA) is 80.0 Å². The van der Waals surface area contributed by atoms with Crippen molar-refractivity contribution in [3.05, 3.63) is 24.3 Å². The van der Waals surface area contributed by atoms with Crippen molar-refractivity contribution in [2.24, 2.45) is 0 Å². The molecule has 0 fully saturated rings. The van der Waals surface area contributed by atoms with Gasteiger partial charge < -0.3 is 24.7 Å². The SMILES string of the molecule is COCCCOCCOC(=O)CCOc1cccc(N)c1. The second kappa shape index (κ2) is 10.9. The van der Waals surface area contributed by atoms with Crippen LogP contribution in [-0.2, 0) is 19.0 Å². The van der Waals surface area contributed by atoms with Crippen LogP contribution in [0.4, 0.5) is 5.69 Å². The Morgan fingerprint density at radius 3 is 2.76 bits per heavy atom. The summed E-state index contributed by atoms with van der Waals surface area (Å²) in [6.07, 6.45) is 1.02. The van der Waals surface area contributed by atoms with Crippen LogP contribution in [0, 0.1) is 0 Å². The predicted molar refractivity (Wildman–Crippen MR) is 79.2 cm³/mol. The van der Waals surface area contributed by atoms with E-state index in [1.807, 2.05) is 0 Å². The van der Waals surface area contributed by atoms with Crippen molar-refractivity contribution in [3.63, 3.8) is 0 Å². The first-order chi connectivity index (χ1) is 10.2. The number of methoxy groups -OCH3 is 1. The molecule has 0 saturated heterocycles. The van der Waals surface area contributed by atoms with Gasteiger partial charge in [-0.3, -0.25) is 4.79 Å². The quantitative estimate of drug-likeness (QED) is 0.380. The van der Waals surface area contributed by atoms with Gasteiger partial charge in [-0.2, -0.15) is 0 Å². The maximum absolute atomic E-state index is 11.4. The molecule has 1 rings (SSSR count). The molecule has 0 amide bonds. The molecule has 0 saturated carbocycles. The third-order valence-corrected chi connectivity index (χ3v) is 2.56. The van der Waals surface area contributed by atoms with Gasteiger partial charge in [0.2, 0.25) is 0 Å². The first-order valence-electron chi connectivity index (χ1n) is 6.93. The molecular formula is C15H23NO5. The molecule has 2 N–H and O–H groups in total. The number of hydrogen-bond acceptors (Lipinski definition) is 6. The van der Waals surface area contributed by atoms with E-state index in [2.05, 4.69) is 0 Å². The number of nitrogen functional groups attached to an aromatic ring is 1. The van der Waals surface area contributed by atoms with Crippen LogP contribution in [0.2, 0.25) is 0 Å². The van der Waals surface area contributed by atoms with Crippen LogP contribution < -0.4 is 10.5 Å². The van der Waals surface area contributed by atoms with E-state index >= 15 is 0 Å². The van der Waals surface area contributed by atoms with E-state index in [0.717, 1.165) is 6.42 Å². The molecule has 0 aliphatic rings. The Morgan fingerprint density at radius 1 is 1.14 bits per heavy atom. The minimum absolute atomic E-state index is 0.193. The highest BCUT2D eigenvalue weighted by Crippen LogP contribution is 2.14. The Kier molecular flexibility index (Phi) is 8.99. The van der Waals surface area contributed by atoms with Crippen molar-refractivity contribution < 1.29 is 23.7 Å². The highest BCUT2D eigenvalue weighted by atomic mass is 16.6. The maximum atomic E-state index is 11.4. The summed E-state index contributed by atoms with van der Waals surface area (Å²) in [4.78, 5) is 11.4. The van der Waals surface area contributed by atoms with Gasteiger partial charge in [0.05, 0.1) is 19.6 Å². The summed E-state index contributed by atoms with van der Waals surface area (Å²) in [6.45, 7) is 2.18. The summed E-state index contributed by atoms with van der Waals surface area (Å²) >= 11 is 0. The van der Waals surface area contributed by atoms with Gasteiger partial charge in [0.25, 0.3) is 0 Å². The summed E-state index contributed by atoms with van der Waals surface area (Å²) in [5.41, 5.74) is 6.25. The third-order valence-electron chi connectivity index (χ3n) is 2.56. The van der Waals surface area contributed by atoms with Crippen molar-refractivity contribution in [1.82, 2.24) is 0 Å². The molecule has 0 radical (unpaired) electrons. The molecule has 0 aliphatic carbocycles. The van der Waals surface area contributed by atoms with Gasteiger partial charge in [0.1, 0.15) is 12.4 Å². The Bertz CT molecular complexity index is 411. The predicted octanol–water partition coefficient (Wildman–Crippen LogP) is 1.63. The van der Waals surface area contributed by atoms with E-state index in [1.54, 1.807) is 31.4 Å². The van der Waals surface area contributed by atoms with E-state index < -0.39 is 0 Å². The van der Waals surface area contributed by atoms with E-state index in [1.165, 1.54) is 0 Å². The smallest absolute Gasteiger partial charge is 0.309 e. The average molecular weight is 297 g/mol. The zero-order chi connectivity index (χ0) is 15.3. The van der Waals surface area contributed by atoms with Crippen molar-refractivity contribution in [2.45, 2.75) is 12.8 Å². The van der Waals surface area contributed by atoms with Crippen LogP contribution in [0.25, 0.3) is 0 Å². The summed E-state index contributed by atoms with van der Waals surface area (Å²) in [5, 5.41) is 0. The van der Waals surface area contributed by atoms with E-state index in [4.69, 9.17) is 24.7 Å². The van der Waals surface area contributed by atoms with Crippen LogP contribution in [-0.4, -0.2) is 46.1 Å². The fraction of sp³-hybridized carbons (Fsp3) is 0.533. The van der Waals surface area contributed by atoms with E-state index in [-0.39, 0.29) is 25.6 Å². The minimum Gasteiger partial charge on any atom is -0.493 e. The molecule has 0 spiro atoms. The van der Waals surface area contributed by atoms with Gasteiger partial charge in [-0.05, 0) is 18.6 Å². The van der Waals surface area contributed by atoms with Gasteiger partial charge in [0.15, 0.2) is 0 Å². The summed E-state index contributed by atoms with van der Waals surface area (Å²) < 4.78 is 20.6. The minimum atomic E-state index is -0.306. The lowest BCUT2D eigenvalue weighted by atomic mass is 10.3. The molecule has 6 heteroatoms. The average Bonchev–Trinajstić information content (AvgIpc) is 2.46.